The van der Waals surface area contributed by atoms with E-state index in [1.165, 1.54) is 0 Å². The van der Waals surface area contributed by atoms with Gasteiger partial charge in [0.15, 0.2) is 6.10 Å². The zero-order valence-corrected chi connectivity index (χ0v) is 9.84. The second-order valence-corrected chi connectivity index (χ2v) is 4.98. The van der Waals surface area contributed by atoms with Gasteiger partial charge in [-0.2, -0.15) is 5.26 Å². The molecular weight excluding hydrogens is 210 g/mol. The van der Waals surface area contributed by atoms with E-state index in [1.54, 1.807) is 6.07 Å². The lowest BCUT2D eigenvalue weighted by Gasteiger charge is -2.32. The van der Waals surface area contributed by atoms with Crippen LogP contribution in [0.5, 0.6) is 0 Å². The first kappa shape index (κ1) is 14.9. The number of nitrogens with zero attached hydrogens (tertiary/aromatic N) is 1. The molecular formula is C11H19NO4. The predicted molar refractivity (Wildman–Crippen MR) is 57.4 cm³/mol. The summed E-state index contributed by atoms with van der Waals surface area (Å²) in [6.07, 6.45) is -2.24. The largest absolute Gasteiger partial charge is 0.479 e. The van der Waals surface area contributed by atoms with Gasteiger partial charge in [-0.1, -0.05) is 20.8 Å². The molecule has 0 fully saturated rings. The fourth-order valence-corrected chi connectivity index (χ4v) is 1.62. The van der Waals surface area contributed by atoms with E-state index in [0.29, 0.717) is 6.42 Å². The van der Waals surface area contributed by atoms with Crippen molar-refractivity contribution in [1.82, 2.24) is 0 Å². The monoisotopic (exact) mass is 229 g/mol. The SMILES string of the molecule is CC(C)(C)[C@@H](CCC(O)C(=O)O)C(O)C#N. The van der Waals surface area contributed by atoms with E-state index in [2.05, 4.69) is 0 Å². The van der Waals surface area contributed by atoms with Gasteiger partial charge in [0.2, 0.25) is 0 Å². The fourth-order valence-electron chi connectivity index (χ4n) is 1.62. The second kappa shape index (κ2) is 5.83. The van der Waals surface area contributed by atoms with E-state index in [-0.39, 0.29) is 17.8 Å². The zero-order chi connectivity index (χ0) is 12.9. The minimum absolute atomic E-state index is 0.0377. The molecule has 0 aromatic heterocycles. The molecule has 92 valence electrons. The highest BCUT2D eigenvalue weighted by atomic mass is 16.4. The smallest absolute Gasteiger partial charge is 0.332 e. The van der Waals surface area contributed by atoms with Crippen molar-refractivity contribution in [3.05, 3.63) is 0 Å². The lowest BCUT2D eigenvalue weighted by molar-refractivity contribution is -0.147. The maximum absolute atomic E-state index is 10.4. The summed E-state index contributed by atoms with van der Waals surface area (Å²) in [5, 5.41) is 35.8. The molecule has 0 heterocycles. The molecule has 0 saturated heterocycles. The highest BCUT2D eigenvalue weighted by Crippen LogP contribution is 2.32. The Morgan fingerprint density at radius 1 is 1.31 bits per heavy atom. The van der Waals surface area contributed by atoms with Gasteiger partial charge < -0.3 is 15.3 Å². The number of hydrogen-bond donors (Lipinski definition) is 3. The van der Waals surface area contributed by atoms with E-state index in [0.717, 1.165) is 0 Å². The Balaban J connectivity index is 4.48. The first-order valence-electron chi connectivity index (χ1n) is 5.18. The van der Waals surface area contributed by atoms with Crippen molar-refractivity contribution >= 4 is 5.97 Å². The van der Waals surface area contributed by atoms with Crippen LogP contribution in [0.2, 0.25) is 0 Å². The van der Waals surface area contributed by atoms with Gasteiger partial charge in [-0.25, -0.2) is 4.79 Å². The van der Waals surface area contributed by atoms with E-state index >= 15 is 0 Å². The van der Waals surface area contributed by atoms with Crippen LogP contribution in [0.1, 0.15) is 33.6 Å². The van der Waals surface area contributed by atoms with E-state index in [1.807, 2.05) is 20.8 Å². The second-order valence-electron chi connectivity index (χ2n) is 4.98. The minimum atomic E-state index is -1.43. The standard InChI is InChI=1S/C11H19NO4/c1-11(2,3)7(9(14)6-12)4-5-8(13)10(15)16/h7-9,13-14H,4-5H2,1-3H3,(H,15,16)/t7-,8?,9?/m0/s1. The minimum Gasteiger partial charge on any atom is -0.479 e. The van der Waals surface area contributed by atoms with Crippen LogP contribution in [0.4, 0.5) is 0 Å². The lowest BCUT2D eigenvalue weighted by atomic mass is 9.75. The van der Waals surface area contributed by atoms with Crippen molar-refractivity contribution in [3.63, 3.8) is 0 Å². The quantitative estimate of drug-likeness (QED) is 0.604. The topological polar surface area (TPSA) is 102 Å². The number of carboxylic acid groups (broad SMARTS) is 1. The van der Waals surface area contributed by atoms with Crippen LogP contribution in [0.25, 0.3) is 0 Å². The Kier molecular flexibility index (Phi) is 5.42. The molecule has 0 spiro atoms. The Labute approximate surface area is 95.3 Å². The van der Waals surface area contributed by atoms with Gasteiger partial charge in [-0.05, 0) is 18.3 Å². The van der Waals surface area contributed by atoms with Gasteiger partial charge in [-0.3, -0.25) is 0 Å². The Hall–Kier alpha value is -1.12. The molecule has 0 saturated carbocycles. The number of carbonyl (C=O) groups is 1. The van der Waals surface area contributed by atoms with Gasteiger partial charge in [0.05, 0.1) is 6.07 Å². The molecule has 0 aliphatic carbocycles. The van der Waals surface area contributed by atoms with Gasteiger partial charge >= 0.3 is 5.97 Å². The lowest BCUT2D eigenvalue weighted by Crippen LogP contribution is -2.33. The summed E-state index contributed by atoms with van der Waals surface area (Å²) in [6.45, 7) is 5.60. The number of aliphatic hydroxyl groups is 2. The number of carboxylic acids is 1. The molecule has 3 N–H and O–H groups in total. The molecule has 5 nitrogen and oxygen atoms in total. The molecule has 0 aliphatic heterocycles. The summed E-state index contributed by atoms with van der Waals surface area (Å²) < 4.78 is 0. The molecule has 0 bridgehead atoms. The summed E-state index contributed by atoms with van der Waals surface area (Å²) in [5.74, 6) is -1.63. The Bertz CT molecular complexity index is 277. The summed E-state index contributed by atoms with van der Waals surface area (Å²) >= 11 is 0. The third-order valence-corrected chi connectivity index (χ3v) is 2.66. The molecule has 0 amide bonds. The predicted octanol–water partition coefficient (Wildman–Crippen LogP) is 0.759. The van der Waals surface area contributed by atoms with Crippen LogP contribution in [-0.2, 0) is 4.79 Å². The van der Waals surface area contributed by atoms with Crippen molar-refractivity contribution < 1.29 is 20.1 Å². The summed E-state index contributed by atoms with van der Waals surface area (Å²) in [7, 11) is 0. The zero-order valence-electron chi connectivity index (χ0n) is 9.84. The molecule has 5 heteroatoms. The fraction of sp³-hybridized carbons (Fsp3) is 0.818. The Morgan fingerprint density at radius 2 is 1.81 bits per heavy atom. The maximum Gasteiger partial charge on any atom is 0.332 e. The van der Waals surface area contributed by atoms with Crippen LogP contribution in [0, 0.1) is 22.7 Å². The Morgan fingerprint density at radius 3 is 2.12 bits per heavy atom. The number of hydrogen-bond acceptors (Lipinski definition) is 4. The van der Waals surface area contributed by atoms with Gasteiger partial charge in [0.1, 0.15) is 6.10 Å². The van der Waals surface area contributed by atoms with E-state index in [9.17, 15) is 9.90 Å². The van der Waals surface area contributed by atoms with Gasteiger partial charge in [0.25, 0.3) is 0 Å². The molecule has 16 heavy (non-hydrogen) atoms. The summed E-state index contributed by atoms with van der Waals surface area (Å²) in [5.41, 5.74) is -0.312. The van der Waals surface area contributed by atoms with E-state index in [4.69, 9.17) is 15.5 Å². The number of rotatable bonds is 5. The molecule has 0 aliphatic rings. The molecule has 0 rings (SSSR count). The third kappa shape index (κ3) is 4.60. The maximum atomic E-state index is 10.4. The van der Waals surface area contributed by atoms with Crippen molar-refractivity contribution in [2.45, 2.75) is 45.8 Å². The highest BCUT2D eigenvalue weighted by molar-refractivity contribution is 5.71. The van der Waals surface area contributed by atoms with Crippen molar-refractivity contribution in [3.8, 4) is 6.07 Å². The first-order chi connectivity index (χ1) is 7.20. The number of aliphatic carboxylic acids is 1. The van der Waals surface area contributed by atoms with Crippen molar-refractivity contribution in [2.24, 2.45) is 11.3 Å². The van der Waals surface area contributed by atoms with Crippen molar-refractivity contribution in [2.75, 3.05) is 0 Å². The van der Waals surface area contributed by atoms with Crippen LogP contribution in [-0.4, -0.2) is 33.5 Å². The molecule has 0 aromatic rings. The van der Waals surface area contributed by atoms with Crippen LogP contribution in [0.15, 0.2) is 0 Å². The normalized spacial score (nSPS) is 17.2. The van der Waals surface area contributed by atoms with Crippen LogP contribution in [0.3, 0.4) is 0 Å². The average molecular weight is 229 g/mol. The summed E-state index contributed by atoms with van der Waals surface area (Å²) in [6, 6.07) is 1.75. The van der Waals surface area contributed by atoms with E-state index < -0.39 is 18.2 Å². The van der Waals surface area contributed by atoms with Gasteiger partial charge in [-0.15, -0.1) is 0 Å². The van der Waals surface area contributed by atoms with Crippen LogP contribution < -0.4 is 0 Å². The third-order valence-electron chi connectivity index (χ3n) is 2.66. The van der Waals surface area contributed by atoms with Gasteiger partial charge in [0, 0.05) is 5.92 Å². The molecule has 0 aromatic carbocycles. The summed E-state index contributed by atoms with van der Waals surface area (Å²) in [4.78, 5) is 10.4. The number of nitriles is 1. The highest BCUT2D eigenvalue weighted by Gasteiger charge is 2.32. The molecule has 2 unspecified atom stereocenters. The average Bonchev–Trinajstić information content (AvgIpc) is 2.14. The first-order valence-corrected chi connectivity index (χ1v) is 5.18. The molecule has 3 atom stereocenters. The molecule has 0 radical (unpaired) electrons. The van der Waals surface area contributed by atoms with Crippen molar-refractivity contribution in [1.29, 1.82) is 5.26 Å². The van der Waals surface area contributed by atoms with Crippen LogP contribution >= 0.6 is 0 Å². The number of aliphatic hydroxyl groups excluding tert-OH is 2.